The van der Waals surface area contributed by atoms with Gasteiger partial charge in [-0.1, -0.05) is 15.9 Å². The number of nitro benzene ring substituents is 1. The number of carbonyl (C=O) groups is 1. The summed E-state index contributed by atoms with van der Waals surface area (Å²) in [6.45, 7) is 3.61. The zero-order valence-corrected chi connectivity index (χ0v) is 11.9. The fraction of sp³-hybridized carbons (Fsp3) is 0.417. The molecule has 1 aromatic carbocycles. The van der Waals surface area contributed by atoms with Crippen molar-refractivity contribution in [3.05, 3.63) is 39.4 Å². The Morgan fingerprint density at radius 3 is 2.72 bits per heavy atom. The van der Waals surface area contributed by atoms with Gasteiger partial charge in [-0.2, -0.15) is 0 Å². The van der Waals surface area contributed by atoms with E-state index in [9.17, 15) is 14.9 Å². The van der Waals surface area contributed by atoms with Gasteiger partial charge in [0.2, 0.25) is 0 Å². The summed E-state index contributed by atoms with van der Waals surface area (Å²) >= 11 is 3.31. The highest BCUT2D eigenvalue weighted by Crippen LogP contribution is 2.17. The number of alkyl halides is 1. The van der Waals surface area contributed by atoms with Crippen LogP contribution in [0, 0.1) is 17.0 Å². The van der Waals surface area contributed by atoms with Crippen LogP contribution in [0.1, 0.15) is 29.3 Å². The van der Waals surface area contributed by atoms with Crippen LogP contribution in [-0.2, 0) is 0 Å². The van der Waals surface area contributed by atoms with Crippen molar-refractivity contribution in [3.8, 4) is 0 Å². The average Bonchev–Trinajstić information content (AvgIpc) is 2.28. The first-order valence-corrected chi connectivity index (χ1v) is 6.69. The molecule has 0 aliphatic rings. The number of nitrogens with zero attached hydrogens (tertiary/aromatic N) is 1. The van der Waals surface area contributed by atoms with E-state index in [1.807, 2.05) is 6.92 Å². The summed E-state index contributed by atoms with van der Waals surface area (Å²) in [5.74, 6) is -0.198. The Balaban J connectivity index is 2.84. The average molecular weight is 315 g/mol. The highest BCUT2D eigenvalue weighted by molar-refractivity contribution is 9.09. The van der Waals surface area contributed by atoms with Crippen molar-refractivity contribution in [2.24, 2.45) is 0 Å². The Kier molecular flexibility index (Phi) is 5.27. The molecule has 98 valence electrons. The number of non-ortho nitro benzene ring substituents is 1. The molecular weight excluding hydrogens is 300 g/mol. The highest BCUT2D eigenvalue weighted by Gasteiger charge is 2.14. The Labute approximate surface area is 114 Å². The molecular formula is C12H15BrN2O3. The smallest absolute Gasteiger partial charge is 0.269 e. The fourth-order valence-electron chi connectivity index (χ4n) is 1.55. The SMILES string of the molecule is Cc1cc([N+](=O)[O-])ccc1C(=O)NC(C)CCBr. The summed E-state index contributed by atoms with van der Waals surface area (Å²) in [5, 5.41) is 14.3. The van der Waals surface area contributed by atoms with E-state index >= 15 is 0 Å². The number of hydrogen-bond acceptors (Lipinski definition) is 3. The van der Waals surface area contributed by atoms with Gasteiger partial charge in [-0.3, -0.25) is 14.9 Å². The molecule has 1 N–H and O–H groups in total. The second-order valence-corrected chi connectivity index (χ2v) is 4.90. The molecule has 0 saturated carbocycles. The van der Waals surface area contributed by atoms with Crippen LogP contribution in [-0.4, -0.2) is 22.2 Å². The quantitative estimate of drug-likeness (QED) is 0.516. The van der Waals surface area contributed by atoms with Gasteiger partial charge in [-0.05, 0) is 31.9 Å². The van der Waals surface area contributed by atoms with Crippen molar-refractivity contribution in [2.75, 3.05) is 5.33 Å². The molecule has 1 rings (SSSR count). The van der Waals surface area contributed by atoms with Crippen molar-refractivity contribution in [1.29, 1.82) is 0 Å². The Bertz CT molecular complexity index is 463. The van der Waals surface area contributed by atoms with Gasteiger partial charge in [0.15, 0.2) is 0 Å². The van der Waals surface area contributed by atoms with E-state index in [1.165, 1.54) is 18.2 Å². The summed E-state index contributed by atoms with van der Waals surface area (Å²) in [6.07, 6.45) is 0.831. The van der Waals surface area contributed by atoms with Crippen LogP contribution in [0.5, 0.6) is 0 Å². The zero-order chi connectivity index (χ0) is 13.7. The molecule has 0 saturated heterocycles. The van der Waals surface area contributed by atoms with Crippen LogP contribution >= 0.6 is 15.9 Å². The van der Waals surface area contributed by atoms with Crippen molar-refractivity contribution in [1.82, 2.24) is 5.32 Å². The van der Waals surface area contributed by atoms with Gasteiger partial charge in [-0.15, -0.1) is 0 Å². The van der Waals surface area contributed by atoms with Crippen LogP contribution in [0.15, 0.2) is 18.2 Å². The molecule has 0 spiro atoms. The monoisotopic (exact) mass is 314 g/mol. The van der Waals surface area contributed by atoms with Crippen molar-refractivity contribution in [2.45, 2.75) is 26.3 Å². The largest absolute Gasteiger partial charge is 0.350 e. The molecule has 0 aliphatic carbocycles. The number of nitrogens with one attached hydrogen (secondary N) is 1. The number of hydrogen-bond donors (Lipinski definition) is 1. The molecule has 1 amide bonds. The highest BCUT2D eigenvalue weighted by atomic mass is 79.9. The Morgan fingerprint density at radius 2 is 2.22 bits per heavy atom. The number of rotatable bonds is 5. The van der Waals surface area contributed by atoms with E-state index in [0.29, 0.717) is 11.1 Å². The maximum absolute atomic E-state index is 11.9. The fourth-order valence-corrected chi connectivity index (χ4v) is 2.24. The predicted molar refractivity (Wildman–Crippen MR) is 73.2 cm³/mol. The lowest BCUT2D eigenvalue weighted by atomic mass is 10.1. The molecule has 18 heavy (non-hydrogen) atoms. The van der Waals surface area contributed by atoms with Crippen LogP contribution in [0.2, 0.25) is 0 Å². The number of halogens is 1. The van der Waals surface area contributed by atoms with Crippen molar-refractivity contribution >= 4 is 27.5 Å². The summed E-state index contributed by atoms with van der Waals surface area (Å²) in [4.78, 5) is 22.1. The van der Waals surface area contributed by atoms with Gasteiger partial charge < -0.3 is 5.32 Å². The van der Waals surface area contributed by atoms with E-state index in [-0.39, 0.29) is 17.6 Å². The number of aryl methyl sites for hydroxylation is 1. The van der Waals surface area contributed by atoms with E-state index < -0.39 is 4.92 Å². The van der Waals surface area contributed by atoms with Crippen LogP contribution in [0.25, 0.3) is 0 Å². The lowest BCUT2D eigenvalue weighted by Gasteiger charge is -2.13. The van der Waals surface area contributed by atoms with E-state index in [1.54, 1.807) is 6.92 Å². The van der Waals surface area contributed by atoms with Crippen LogP contribution < -0.4 is 5.32 Å². The minimum absolute atomic E-state index is 0.00226. The maximum atomic E-state index is 11.9. The Hall–Kier alpha value is -1.43. The van der Waals surface area contributed by atoms with Crippen molar-refractivity contribution < 1.29 is 9.72 Å². The van der Waals surface area contributed by atoms with E-state index in [2.05, 4.69) is 21.2 Å². The second-order valence-electron chi connectivity index (χ2n) is 4.11. The van der Waals surface area contributed by atoms with Gasteiger partial charge in [0.1, 0.15) is 0 Å². The van der Waals surface area contributed by atoms with Crippen molar-refractivity contribution in [3.63, 3.8) is 0 Å². The van der Waals surface area contributed by atoms with Gasteiger partial charge >= 0.3 is 0 Å². The van der Waals surface area contributed by atoms with Gasteiger partial charge in [0.05, 0.1) is 4.92 Å². The molecule has 1 unspecified atom stereocenters. The molecule has 0 aromatic heterocycles. The van der Waals surface area contributed by atoms with E-state index in [0.717, 1.165) is 11.8 Å². The lowest BCUT2D eigenvalue weighted by Crippen LogP contribution is -2.33. The summed E-state index contributed by atoms with van der Waals surface area (Å²) in [7, 11) is 0. The number of nitro groups is 1. The molecule has 6 heteroatoms. The second kappa shape index (κ2) is 6.49. The normalized spacial score (nSPS) is 11.9. The number of amides is 1. The summed E-state index contributed by atoms with van der Waals surface area (Å²) in [6, 6.07) is 4.30. The molecule has 1 atom stereocenters. The molecule has 0 radical (unpaired) electrons. The third kappa shape index (κ3) is 3.80. The van der Waals surface area contributed by atoms with E-state index in [4.69, 9.17) is 0 Å². The van der Waals surface area contributed by atoms with Gasteiger partial charge in [-0.25, -0.2) is 0 Å². The van der Waals surface area contributed by atoms with Crippen LogP contribution in [0.4, 0.5) is 5.69 Å². The van der Waals surface area contributed by atoms with Gasteiger partial charge in [0, 0.05) is 29.1 Å². The maximum Gasteiger partial charge on any atom is 0.269 e. The minimum atomic E-state index is -0.470. The molecule has 0 aliphatic heterocycles. The topological polar surface area (TPSA) is 72.2 Å². The van der Waals surface area contributed by atoms with Crippen LogP contribution in [0.3, 0.4) is 0 Å². The number of benzene rings is 1. The molecule has 0 bridgehead atoms. The molecule has 1 aromatic rings. The third-order valence-corrected chi connectivity index (χ3v) is 3.04. The Morgan fingerprint density at radius 1 is 1.56 bits per heavy atom. The summed E-state index contributed by atoms with van der Waals surface area (Å²) < 4.78 is 0. The predicted octanol–water partition coefficient (Wildman–Crippen LogP) is 2.81. The standard InChI is InChI=1S/C12H15BrN2O3/c1-8-7-10(15(17)18)3-4-11(8)12(16)14-9(2)5-6-13/h3-4,7,9H,5-6H2,1-2H3,(H,14,16). The number of carbonyl (C=O) groups excluding carboxylic acids is 1. The molecule has 0 heterocycles. The first-order chi connectivity index (χ1) is 8.45. The van der Waals surface area contributed by atoms with Gasteiger partial charge in [0.25, 0.3) is 11.6 Å². The molecule has 0 fully saturated rings. The first kappa shape index (κ1) is 14.6. The lowest BCUT2D eigenvalue weighted by molar-refractivity contribution is -0.384. The molecule has 5 nitrogen and oxygen atoms in total. The first-order valence-electron chi connectivity index (χ1n) is 5.57. The zero-order valence-electron chi connectivity index (χ0n) is 10.3. The third-order valence-electron chi connectivity index (χ3n) is 2.59. The minimum Gasteiger partial charge on any atom is -0.350 e. The summed E-state index contributed by atoms with van der Waals surface area (Å²) in [5.41, 5.74) is 1.08.